The lowest BCUT2D eigenvalue weighted by atomic mass is 10.1. The van der Waals surface area contributed by atoms with Crippen molar-refractivity contribution in [2.45, 2.75) is 19.4 Å². The fraction of sp³-hybridized carbons (Fsp3) is 0.500. The minimum Gasteiger partial charge on any atom is -0.497 e. The maximum absolute atomic E-state index is 12.2. The summed E-state index contributed by atoms with van der Waals surface area (Å²) >= 11 is 0. The molecule has 0 fully saturated rings. The number of carbonyl (C=O) groups is 1. The monoisotopic (exact) mass is 333 g/mol. The molecule has 0 radical (unpaired) electrons. The Hall–Kier alpha value is -2.21. The second-order valence-corrected chi connectivity index (χ2v) is 6.03. The van der Waals surface area contributed by atoms with Crippen LogP contribution in [-0.4, -0.2) is 51.8 Å². The average molecular weight is 333 g/mol. The van der Waals surface area contributed by atoms with Gasteiger partial charge < -0.3 is 25.0 Å². The van der Waals surface area contributed by atoms with E-state index in [1.165, 1.54) is 5.57 Å². The standard InChI is InChI=1S/C18H27N3O3/c1-13(16-11-15(23-3)5-6-17(16)24-4)20-18(22)19-12-14-7-9-21(2)10-8-14/h5-7,11,13H,8-10,12H2,1-4H3,(H2,19,20,22)/t13-/m0/s1. The van der Waals surface area contributed by atoms with Gasteiger partial charge >= 0.3 is 6.03 Å². The van der Waals surface area contributed by atoms with Crippen LogP contribution in [0.1, 0.15) is 24.9 Å². The van der Waals surface area contributed by atoms with Crippen LogP contribution in [-0.2, 0) is 0 Å². The van der Waals surface area contributed by atoms with Gasteiger partial charge in [0, 0.05) is 25.2 Å². The van der Waals surface area contributed by atoms with Crippen LogP contribution in [0.25, 0.3) is 0 Å². The molecule has 0 bridgehead atoms. The number of nitrogens with zero attached hydrogens (tertiary/aromatic N) is 1. The zero-order chi connectivity index (χ0) is 17.5. The zero-order valence-electron chi connectivity index (χ0n) is 14.9. The second-order valence-electron chi connectivity index (χ2n) is 6.03. The molecule has 0 saturated heterocycles. The lowest BCUT2D eigenvalue weighted by molar-refractivity contribution is 0.238. The number of benzene rings is 1. The SMILES string of the molecule is COc1ccc(OC)c([C@H](C)NC(=O)NCC2=CCN(C)CC2)c1. The summed E-state index contributed by atoms with van der Waals surface area (Å²) < 4.78 is 10.6. The highest BCUT2D eigenvalue weighted by Gasteiger charge is 2.16. The Labute approximate surface area is 143 Å². The largest absolute Gasteiger partial charge is 0.497 e. The van der Waals surface area contributed by atoms with Crippen molar-refractivity contribution >= 4 is 6.03 Å². The third kappa shape index (κ3) is 4.89. The summed E-state index contributed by atoms with van der Waals surface area (Å²) in [6.07, 6.45) is 3.17. The van der Waals surface area contributed by atoms with E-state index in [2.05, 4.69) is 28.7 Å². The number of rotatable bonds is 6. The van der Waals surface area contributed by atoms with Crippen LogP contribution in [0.15, 0.2) is 29.8 Å². The van der Waals surface area contributed by atoms with Crippen molar-refractivity contribution in [2.24, 2.45) is 0 Å². The van der Waals surface area contributed by atoms with Crippen molar-refractivity contribution in [3.8, 4) is 11.5 Å². The third-order valence-corrected chi connectivity index (χ3v) is 4.23. The number of methoxy groups -OCH3 is 2. The Balaban J connectivity index is 1.91. The third-order valence-electron chi connectivity index (χ3n) is 4.23. The molecule has 6 heteroatoms. The number of hydrogen-bond acceptors (Lipinski definition) is 4. The van der Waals surface area contributed by atoms with Gasteiger partial charge in [0.1, 0.15) is 11.5 Å². The molecule has 2 rings (SSSR count). The van der Waals surface area contributed by atoms with Crippen molar-refractivity contribution in [2.75, 3.05) is 40.9 Å². The predicted octanol–water partition coefficient (Wildman–Crippen LogP) is 2.33. The molecule has 6 nitrogen and oxygen atoms in total. The highest BCUT2D eigenvalue weighted by atomic mass is 16.5. The first-order valence-electron chi connectivity index (χ1n) is 8.16. The molecule has 0 aromatic heterocycles. The summed E-state index contributed by atoms with van der Waals surface area (Å²) in [5.74, 6) is 1.46. The fourth-order valence-corrected chi connectivity index (χ4v) is 2.67. The number of urea groups is 1. The summed E-state index contributed by atoms with van der Waals surface area (Å²) in [4.78, 5) is 14.4. The molecular weight excluding hydrogens is 306 g/mol. The molecule has 132 valence electrons. The smallest absolute Gasteiger partial charge is 0.315 e. The average Bonchev–Trinajstić information content (AvgIpc) is 2.60. The molecule has 0 saturated carbocycles. The maximum atomic E-state index is 12.2. The summed E-state index contributed by atoms with van der Waals surface area (Å²) in [6, 6.07) is 5.17. The van der Waals surface area contributed by atoms with E-state index >= 15 is 0 Å². The molecule has 24 heavy (non-hydrogen) atoms. The summed E-state index contributed by atoms with van der Waals surface area (Å²) in [5.41, 5.74) is 2.15. The molecule has 1 heterocycles. The van der Waals surface area contributed by atoms with Crippen LogP contribution in [0.3, 0.4) is 0 Å². The summed E-state index contributed by atoms with van der Waals surface area (Å²) in [6.45, 7) is 4.48. The minimum atomic E-state index is -0.193. The first-order chi connectivity index (χ1) is 11.5. The highest BCUT2D eigenvalue weighted by Crippen LogP contribution is 2.29. The quantitative estimate of drug-likeness (QED) is 0.784. The molecule has 1 atom stereocenters. The number of nitrogens with one attached hydrogen (secondary N) is 2. The summed E-state index contributed by atoms with van der Waals surface area (Å²) in [7, 11) is 5.33. The molecule has 0 spiro atoms. The van der Waals surface area contributed by atoms with Gasteiger partial charge in [0.2, 0.25) is 0 Å². The lowest BCUT2D eigenvalue weighted by Crippen LogP contribution is -2.39. The van der Waals surface area contributed by atoms with Gasteiger partial charge in [0.05, 0.1) is 20.3 Å². The molecule has 2 amide bonds. The van der Waals surface area contributed by atoms with E-state index in [0.29, 0.717) is 6.54 Å². The van der Waals surface area contributed by atoms with E-state index in [4.69, 9.17) is 9.47 Å². The van der Waals surface area contributed by atoms with Crippen LogP contribution < -0.4 is 20.1 Å². The Morgan fingerprint density at radius 1 is 1.33 bits per heavy atom. The first-order valence-corrected chi connectivity index (χ1v) is 8.16. The van der Waals surface area contributed by atoms with Gasteiger partial charge in [-0.05, 0) is 38.6 Å². The van der Waals surface area contributed by atoms with Gasteiger partial charge in [-0.15, -0.1) is 0 Å². The van der Waals surface area contributed by atoms with Crippen LogP contribution in [0, 0.1) is 0 Å². The number of hydrogen-bond donors (Lipinski definition) is 2. The van der Waals surface area contributed by atoms with Gasteiger partial charge in [-0.25, -0.2) is 4.79 Å². The minimum absolute atomic E-state index is 0.188. The molecule has 2 N–H and O–H groups in total. The van der Waals surface area contributed by atoms with Gasteiger partial charge in [0.25, 0.3) is 0 Å². The topological polar surface area (TPSA) is 62.8 Å². The highest BCUT2D eigenvalue weighted by molar-refractivity contribution is 5.74. The van der Waals surface area contributed by atoms with Crippen molar-refractivity contribution in [3.05, 3.63) is 35.4 Å². The normalized spacial score (nSPS) is 16.1. The van der Waals surface area contributed by atoms with Crippen molar-refractivity contribution in [3.63, 3.8) is 0 Å². The van der Waals surface area contributed by atoms with Crippen molar-refractivity contribution in [1.29, 1.82) is 0 Å². The van der Waals surface area contributed by atoms with E-state index in [0.717, 1.165) is 36.6 Å². The van der Waals surface area contributed by atoms with Gasteiger partial charge in [-0.3, -0.25) is 0 Å². The fourth-order valence-electron chi connectivity index (χ4n) is 2.67. The Bertz CT molecular complexity index is 601. The molecule has 1 aromatic carbocycles. The van der Waals surface area contributed by atoms with Gasteiger partial charge in [-0.2, -0.15) is 0 Å². The Morgan fingerprint density at radius 3 is 2.75 bits per heavy atom. The van der Waals surface area contributed by atoms with Crippen molar-refractivity contribution < 1.29 is 14.3 Å². The van der Waals surface area contributed by atoms with Crippen molar-refractivity contribution in [1.82, 2.24) is 15.5 Å². The number of carbonyl (C=O) groups excluding carboxylic acids is 1. The number of likely N-dealkylation sites (N-methyl/N-ethyl adjacent to an activating group) is 1. The number of amides is 2. The van der Waals surface area contributed by atoms with Crippen LogP contribution in [0.5, 0.6) is 11.5 Å². The van der Waals surface area contributed by atoms with E-state index in [9.17, 15) is 4.79 Å². The maximum Gasteiger partial charge on any atom is 0.315 e. The van der Waals surface area contributed by atoms with Crippen LogP contribution in [0.4, 0.5) is 4.79 Å². The Morgan fingerprint density at radius 2 is 2.12 bits per heavy atom. The Kier molecular flexibility index (Phi) is 6.49. The lowest BCUT2D eigenvalue weighted by Gasteiger charge is -2.23. The van der Waals surface area contributed by atoms with E-state index in [1.54, 1.807) is 14.2 Å². The second kappa shape index (κ2) is 8.59. The molecule has 1 aliphatic rings. The van der Waals surface area contributed by atoms with E-state index in [1.807, 2.05) is 25.1 Å². The molecule has 1 aliphatic heterocycles. The van der Waals surface area contributed by atoms with E-state index in [-0.39, 0.29) is 12.1 Å². The number of ether oxygens (including phenoxy) is 2. The zero-order valence-corrected chi connectivity index (χ0v) is 14.9. The molecular formula is C18H27N3O3. The predicted molar refractivity (Wildman–Crippen MR) is 94.7 cm³/mol. The van der Waals surface area contributed by atoms with E-state index < -0.39 is 0 Å². The molecule has 1 aromatic rings. The van der Waals surface area contributed by atoms with Gasteiger partial charge in [0.15, 0.2) is 0 Å². The van der Waals surface area contributed by atoms with Crippen LogP contribution >= 0.6 is 0 Å². The van der Waals surface area contributed by atoms with Gasteiger partial charge in [-0.1, -0.05) is 11.6 Å². The molecule has 0 unspecified atom stereocenters. The van der Waals surface area contributed by atoms with Crippen LogP contribution in [0.2, 0.25) is 0 Å². The summed E-state index contributed by atoms with van der Waals surface area (Å²) in [5, 5.41) is 5.87. The molecule has 0 aliphatic carbocycles. The first kappa shape index (κ1) is 18.1.